The molecule has 31 heavy (non-hydrogen) atoms. The zero-order valence-corrected chi connectivity index (χ0v) is 18.6. The van der Waals surface area contributed by atoms with Gasteiger partial charge in [-0.2, -0.15) is 0 Å². The average molecular weight is 437 g/mol. The molecule has 0 saturated heterocycles. The number of anilines is 2. The molecular formula is C23H25BFN3O2S. The Bertz CT molecular complexity index is 933. The summed E-state index contributed by atoms with van der Waals surface area (Å²) in [6, 6.07) is 17.4. The molecule has 160 valence electrons. The van der Waals surface area contributed by atoms with Gasteiger partial charge in [0.25, 0.3) is 0 Å². The molecular weight excluding hydrogens is 412 g/mol. The molecule has 1 heterocycles. The van der Waals surface area contributed by atoms with E-state index in [1.54, 1.807) is 6.20 Å². The lowest BCUT2D eigenvalue weighted by Gasteiger charge is -2.12. The number of carbonyl (C=O) groups excluding carboxylic acids is 1. The summed E-state index contributed by atoms with van der Waals surface area (Å²) in [5.74, 6) is 1.27. The number of nitrogens with one attached hydrogen (secondary N) is 2. The number of hydrogen-bond donors (Lipinski definition) is 2. The molecule has 0 saturated carbocycles. The number of alkyl halides is 1. The average Bonchev–Trinajstić information content (AvgIpc) is 2.82. The van der Waals surface area contributed by atoms with Crippen LogP contribution in [-0.2, 0) is 4.79 Å². The molecule has 0 atom stereocenters. The summed E-state index contributed by atoms with van der Waals surface area (Å²) in [5, 5.41) is 3.08. The predicted octanol–water partition coefficient (Wildman–Crippen LogP) is 5.09. The Morgan fingerprint density at radius 1 is 1.13 bits per heavy atom. The summed E-state index contributed by atoms with van der Waals surface area (Å²) in [6.45, 7) is 5.11. The maximum Gasteiger partial charge on any atom is 0.243 e. The van der Waals surface area contributed by atoms with E-state index < -0.39 is 0 Å². The van der Waals surface area contributed by atoms with Crippen molar-refractivity contribution >= 4 is 42.9 Å². The number of aryl methyl sites for hydroxylation is 1. The van der Waals surface area contributed by atoms with Gasteiger partial charge in [-0.1, -0.05) is 24.2 Å². The van der Waals surface area contributed by atoms with Gasteiger partial charge in [-0.25, -0.2) is 4.98 Å². The van der Waals surface area contributed by atoms with Crippen LogP contribution in [-0.4, -0.2) is 33.3 Å². The second-order valence-electron chi connectivity index (χ2n) is 5.89. The van der Waals surface area contributed by atoms with Gasteiger partial charge in [-0.15, -0.1) is 0 Å². The second kappa shape index (κ2) is 14.7. The Labute approximate surface area is 188 Å². The minimum absolute atomic E-state index is 0.500. The van der Waals surface area contributed by atoms with Crippen LogP contribution < -0.4 is 20.2 Å². The first kappa shape index (κ1) is 25.8. The minimum atomic E-state index is 0.500. The number of carbonyl (C=O) groups is 1. The van der Waals surface area contributed by atoms with Crippen LogP contribution in [0.4, 0.5) is 15.8 Å². The fourth-order valence-electron chi connectivity index (χ4n) is 2.16. The number of halogens is 1. The summed E-state index contributed by atoms with van der Waals surface area (Å²) >= 11 is 1.49. The molecule has 2 radical (unpaired) electrons. The first-order valence-electron chi connectivity index (χ1n) is 9.20. The molecule has 0 unspecified atom stereocenters. The summed E-state index contributed by atoms with van der Waals surface area (Å²) in [4.78, 5) is 14.5. The maximum atomic E-state index is 9.50. The topological polar surface area (TPSA) is 63.2 Å². The number of pyridine rings is 1. The molecule has 2 aromatic carbocycles. The summed E-state index contributed by atoms with van der Waals surface area (Å²) < 4.78 is 18.7. The highest BCUT2D eigenvalue weighted by atomic mass is 32.2. The van der Waals surface area contributed by atoms with Crippen molar-refractivity contribution in [1.29, 1.82) is 0 Å². The van der Waals surface area contributed by atoms with Gasteiger partial charge >= 0.3 is 0 Å². The first-order valence-corrected chi connectivity index (χ1v) is 10.0. The van der Waals surface area contributed by atoms with Crippen LogP contribution in [0.15, 0.2) is 78.3 Å². The van der Waals surface area contributed by atoms with Crippen LogP contribution in [0.5, 0.6) is 11.6 Å². The van der Waals surface area contributed by atoms with Crippen molar-refractivity contribution in [3.63, 3.8) is 0 Å². The van der Waals surface area contributed by atoms with Gasteiger partial charge in [-0.3, -0.25) is 9.18 Å². The largest absolute Gasteiger partial charge is 0.437 e. The number of hydrogen-bond acceptors (Lipinski definition) is 6. The molecule has 0 spiro atoms. The summed E-state index contributed by atoms with van der Waals surface area (Å²) in [7, 11) is 8.10. The van der Waals surface area contributed by atoms with Crippen LogP contribution in [0.1, 0.15) is 5.56 Å². The normalized spacial score (nSPS) is 9.16. The number of allylic oxidation sites excluding steroid dienone is 1. The van der Waals surface area contributed by atoms with Gasteiger partial charge in [0.1, 0.15) is 25.6 Å². The third kappa shape index (κ3) is 9.40. The van der Waals surface area contributed by atoms with Gasteiger partial charge in [0.15, 0.2) is 0 Å². The van der Waals surface area contributed by atoms with Gasteiger partial charge in [0, 0.05) is 23.8 Å². The van der Waals surface area contributed by atoms with E-state index in [0.29, 0.717) is 19.3 Å². The van der Waals surface area contributed by atoms with Crippen LogP contribution in [0.3, 0.4) is 0 Å². The van der Waals surface area contributed by atoms with Crippen molar-refractivity contribution in [1.82, 2.24) is 4.98 Å². The molecule has 0 aliphatic rings. The Kier molecular flexibility index (Phi) is 12.2. The Morgan fingerprint density at radius 2 is 1.74 bits per heavy atom. The minimum Gasteiger partial charge on any atom is -0.437 e. The number of aldehydes is 1. The standard InChI is InChI=1S/C19H18BN3OS.C3H4O.CH3F/c1-13-11-18(23-25-17-9-3-14(20)4-10-17)19(22-12-13)24-16-7-5-15(21-2)6-8-16;1-2-3-4;1-2/h3-12,21,23H,1-2H3;2-3H,1H2;1H3. The van der Waals surface area contributed by atoms with Crippen molar-refractivity contribution in [3.05, 3.63) is 79.0 Å². The van der Waals surface area contributed by atoms with Crippen molar-refractivity contribution < 1.29 is 13.9 Å². The van der Waals surface area contributed by atoms with Gasteiger partial charge < -0.3 is 14.8 Å². The fourth-order valence-corrected chi connectivity index (χ4v) is 2.81. The summed E-state index contributed by atoms with van der Waals surface area (Å²) in [6.07, 6.45) is 3.62. The van der Waals surface area contributed by atoms with Crippen LogP contribution in [0.25, 0.3) is 0 Å². The lowest BCUT2D eigenvalue weighted by Crippen LogP contribution is -2.00. The third-order valence-electron chi connectivity index (χ3n) is 3.60. The molecule has 3 aromatic rings. The highest BCUT2D eigenvalue weighted by Crippen LogP contribution is 2.31. The van der Waals surface area contributed by atoms with E-state index in [0.717, 1.165) is 33.0 Å². The maximum absolute atomic E-state index is 9.50. The zero-order valence-electron chi connectivity index (χ0n) is 17.8. The molecule has 0 amide bonds. The van der Waals surface area contributed by atoms with E-state index in [-0.39, 0.29) is 0 Å². The quantitative estimate of drug-likeness (QED) is 0.232. The van der Waals surface area contributed by atoms with Crippen LogP contribution in [0, 0.1) is 6.92 Å². The number of aromatic nitrogens is 1. The molecule has 0 aliphatic carbocycles. The molecule has 5 nitrogen and oxygen atoms in total. The van der Waals surface area contributed by atoms with E-state index >= 15 is 0 Å². The van der Waals surface area contributed by atoms with Crippen molar-refractivity contribution in [3.8, 4) is 11.6 Å². The summed E-state index contributed by atoms with van der Waals surface area (Å²) in [5.41, 5.74) is 3.65. The Hall–Kier alpha value is -3.26. The second-order valence-corrected chi connectivity index (χ2v) is 6.77. The van der Waals surface area contributed by atoms with Gasteiger partial charge in [0.2, 0.25) is 5.88 Å². The SMILES string of the molecule is C=CC=O.CF.[B]c1ccc(SNc2cc(C)cnc2Oc2ccc(NC)cc2)cc1. The smallest absolute Gasteiger partial charge is 0.243 e. The number of ether oxygens (including phenoxy) is 1. The van der Waals surface area contributed by atoms with Crippen LogP contribution >= 0.6 is 11.9 Å². The molecule has 0 bridgehead atoms. The number of nitrogens with zero attached hydrogens (tertiary/aromatic N) is 1. The van der Waals surface area contributed by atoms with Gasteiger partial charge in [-0.05, 0) is 73.0 Å². The van der Waals surface area contributed by atoms with E-state index in [1.807, 2.05) is 68.6 Å². The molecule has 0 fully saturated rings. The van der Waals surface area contributed by atoms with E-state index in [4.69, 9.17) is 17.4 Å². The highest BCUT2D eigenvalue weighted by Gasteiger charge is 2.08. The van der Waals surface area contributed by atoms with E-state index in [9.17, 15) is 4.39 Å². The number of rotatable bonds is 7. The highest BCUT2D eigenvalue weighted by molar-refractivity contribution is 8.00. The fraction of sp³-hybridized carbons (Fsp3) is 0.130. The predicted molar refractivity (Wildman–Crippen MR) is 130 cm³/mol. The monoisotopic (exact) mass is 437 g/mol. The van der Waals surface area contributed by atoms with Crippen molar-refractivity contribution in [2.45, 2.75) is 11.8 Å². The third-order valence-corrected chi connectivity index (χ3v) is 4.43. The molecule has 1 aromatic heterocycles. The lowest BCUT2D eigenvalue weighted by molar-refractivity contribution is -0.104. The Morgan fingerprint density at radius 3 is 2.29 bits per heavy atom. The molecule has 3 rings (SSSR count). The van der Waals surface area contributed by atoms with Crippen molar-refractivity contribution in [2.75, 3.05) is 24.3 Å². The Balaban J connectivity index is 0.000000720. The number of benzene rings is 2. The van der Waals surface area contributed by atoms with Gasteiger partial charge in [0.05, 0.1) is 7.18 Å². The first-order chi connectivity index (χ1) is 15.0. The van der Waals surface area contributed by atoms with E-state index in [1.165, 1.54) is 18.0 Å². The van der Waals surface area contributed by atoms with E-state index in [2.05, 4.69) is 21.6 Å². The molecule has 8 heteroatoms. The lowest BCUT2D eigenvalue weighted by atomic mass is 9.97. The van der Waals surface area contributed by atoms with Crippen LogP contribution in [0.2, 0.25) is 0 Å². The van der Waals surface area contributed by atoms with Crippen molar-refractivity contribution in [2.24, 2.45) is 0 Å². The zero-order chi connectivity index (χ0) is 23.1. The molecule has 2 N–H and O–H groups in total. The molecule has 0 aliphatic heterocycles.